The van der Waals surface area contributed by atoms with Crippen molar-refractivity contribution in [2.75, 3.05) is 13.7 Å². The Balaban J connectivity index is 1.19. The lowest BCUT2D eigenvalue weighted by molar-refractivity contribution is -0.121. The Labute approximate surface area is 218 Å². The van der Waals surface area contributed by atoms with Crippen molar-refractivity contribution in [1.29, 1.82) is 0 Å². The number of aryl methyl sites for hydroxylation is 2. The van der Waals surface area contributed by atoms with Crippen molar-refractivity contribution in [3.63, 3.8) is 0 Å². The predicted octanol–water partition coefficient (Wildman–Crippen LogP) is 4.12. The summed E-state index contributed by atoms with van der Waals surface area (Å²) in [5.41, 5.74) is 5.36. The molecule has 1 aliphatic rings. The molecule has 190 valence electrons. The molecule has 0 bridgehead atoms. The topological polar surface area (TPSA) is 94.8 Å². The third-order valence-electron chi connectivity index (χ3n) is 6.34. The van der Waals surface area contributed by atoms with Crippen molar-refractivity contribution in [2.45, 2.75) is 38.6 Å². The van der Waals surface area contributed by atoms with Gasteiger partial charge >= 0.3 is 0 Å². The molecule has 1 aliphatic carbocycles. The molecule has 0 fully saturated rings. The Morgan fingerprint density at radius 1 is 1.16 bits per heavy atom. The number of amides is 1. The second-order valence-electron chi connectivity index (χ2n) is 8.86. The number of hydrazone groups is 1. The summed E-state index contributed by atoms with van der Waals surface area (Å²) >= 11 is 1.59. The zero-order valence-electron chi connectivity index (χ0n) is 20.6. The number of methoxy groups -OCH3 is 1. The molecule has 1 N–H and O–H groups in total. The Morgan fingerprint density at radius 3 is 2.84 bits per heavy atom. The molecule has 0 unspecified atom stereocenters. The third-order valence-corrected chi connectivity index (χ3v) is 7.54. The second kappa shape index (κ2) is 11.4. The van der Waals surface area contributed by atoms with E-state index >= 15 is 0 Å². The van der Waals surface area contributed by atoms with Gasteiger partial charge in [-0.05, 0) is 60.6 Å². The molecule has 2 aromatic heterocycles. The van der Waals surface area contributed by atoms with Crippen LogP contribution in [0.4, 0.5) is 0 Å². The van der Waals surface area contributed by atoms with Crippen LogP contribution in [0.15, 0.2) is 64.8 Å². The van der Waals surface area contributed by atoms with E-state index in [1.807, 2.05) is 30.3 Å². The highest BCUT2D eigenvalue weighted by Gasteiger charge is 2.20. The molecule has 1 amide bonds. The minimum absolute atomic E-state index is 0.152. The molecule has 4 aromatic rings. The lowest BCUT2D eigenvalue weighted by atomic mass is 9.97. The molecule has 9 heteroatoms. The van der Waals surface area contributed by atoms with E-state index in [1.54, 1.807) is 24.5 Å². The van der Waals surface area contributed by atoms with Gasteiger partial charge in [-0.3, -0.25) is 14.2 Å². The molecule has 2 heterocycles. The molecule has 2 aromatic carbocycles. The van der Waals surface area contributed by atoms with E-state index in [-0.39, 0.29) is 12.1 Å². The Hall–Kier alpha value is -3.98. The maximum atomic E-state index is 13.0. The van der Waals surface area contributed by atoms with Crippen LogP contribution in [0.3, 0.4) is 0 Å². The van der Waals surface area contributed by atoms with E-state index in [9.17, 15) is 9.59 Å². The fraction of sp³-hybridized carbons (Fsp3) is 0.286. The normalized spacial score (nSPS) is 13.0. The minimum atomic E-state index is -0.406. The SMILES string of the molecule is COc1cc(/C=N/NC(=O)Cn2cnc3sc4c(c3c2=O)CCCC4)ccc1OCCc1ccccc1. The van der Waals surface area contributed by atoms with E-state index < -0.39 is 5.91 Å². The number of benzene rings is 2. The zero-order chi connectivity index (χ0) is 25.6. The smallest absolute Gasteiger partial charge is 0.262 e. The number of thiophene rings is 1. The standard InChI is InChI=1S/C28H28N4O4S/c1-35-23-15-20(11-12-22(23)36-14-13-19-7-3-2-4-8-19)16-30-31-25(33)17-32-18-29-27-26(28(32)34)21-9-5-6-10-24(21)37-27/h2-4,7-8,11-12,15-16,18H,5-6,9-10,13-14,17H2,1H3,(H,31,33)/b30-16+. The molecule has 37 heavy (non-hydrogen) atoms. The second-order valence-corrected chi connectivity index (χ2v) is 9.94. The first kappa shape index (κ1) is 24.7. The van der Waals surface area contributed by atoms with E-state index in [2.05, 4.69) is 27.6 Å². The monoisotopic (exact) mass is 516 g/mol. The van der Waals surface area contributed by atoms with Gasteiger partial charge in [0.2, 0.25) is 0 Å². The molecule has 0 saturated heterocycles. The summed E-state index contributed by atoms with van der Waals surface area (Å²) in [5, 5.41) is 4.71. The summed E-state index contributed by atoms with van der Waals surface area (Å²) in [5.74, 6) is 0.808. The molecule has 0 saturated carbocycles. The van der Waals surface area contributed by atoms with E-state index in [4.69, 9.17) is 9.47 Å². The van der Waals surface area contributed by atoms with Gasteiger partial charge in [0.15, 0.2) is 11.5 Å². The van der Waals surface area contributed by atoms with Gasteiger partial charge < -0.3 is 9.47 Å². The van der Waals surface area contributed by atoms with Crippen molar-refractivity contribution in [3.05, 3.63) is 86.8 Å². The van der Waals surface area contributed by atoms with E-state index in [0.717, 1.165) is 48.1 Å². The van der Waals surface area contributed by atoms with Gasteiger partial charge in [0, 0.05) is 11.3 Å². The third kappa shape index (κ3) is 5.72. The van der Waals surface area contributed by atoms with Gasteiger partial charge in [0.1, 0.15) is 11.4 Å². The molecule has 0 atom stereocenters. The van der Waals surface area contributed by atoms with Crippen LogP contribution in [0.2, 0.25) is 0 Å². The molecule has 0 radical (unpaired) electrons. The van der Waals surface area contributed by atoms with Crippen LogP contribution >= 0.6 is 11.3 Å². The highest BCUT2D eigenvalue weighted by atomic mass is 32.1. The number of hydrogen-bond acceptors (Lipinski definition) is 7. The van der Waals surface area contributed by atoms with Gasteiger partial charge in [-0.2, -0.15) is 5.10 Å². The number of aromatic nitrogens is 2. The summed E-state index contributed by atoms with van der Waals surface area (Å²) in [7, 11) is 1.58. The number of carbonyl (C=O) groups is 1. The molecular formula is C28H28N4O4S. The van der Waals surface area contributed by atoms with Gasteiger partial charge in [0.25, 0.3) is 11.5 Å². The molecular weight excluding hydrogens is 488 g/mol. The van der Waals surface area contributed by atoms with Gasteiger partial charge in [-0.25, -0.2) is 10.4 Å². The number of nitrogens with one attached hydrogen (secondary N) is 1. The fourth-order valence-electron chi connectivity index (χ4n) is 4.47. The first-order chi connectivity index (χ1) is 18.1. The van der Waals surface area contributed by atoms with Gasteiger partial charge in [-0.15, -0.1) is 11.3 Å². The van der Waals surface area contributed by atoms with Crippen LogP contribution in [0, 0.1) is 0 Å². The van der Waals surface area contributed by atoms with Crippen LogP contribution in [0.1, 0.15) is 34.4 Å². The molecule has 5 rings (SSSR count). The maximum absolute atomic E-state index is 13.0. The van der Waals surface area contributed by atoms with Gasteiger partial charge in [0.05, 0.1) is 31.6 Å². The number of hydrogen-bond donors (Lipinski definition) is 1. The first-order valence-corrected chi connectivity index (χ1v) is 13.1. The minimum Gasteiger partial charge on any atom is -0.493 e. The number of fused-ring (bicyclic) bond motifs is 3. The van der Waals surface area contributed by atoms with Crippen molar-refractivity contribution in [2.24, 2.45) is 5.10 Å². The summed E-state index contributed by atoms with van der Waals surface area (Å²) in [6, 6.07) is 15.6. The fourth-order valence-corrected chi connectivity index (χ4v) is 5.69. The van der Waals surface area contributed by atoms with Crippen LogP contribution in [-0.2, 0) is 30.6 Å². The van der Waals surface area contributed by atoms with Crippen molar-refractivity contribution in [1.82, 2.24) is 15.0 Å². The van der Waals surface area contributed by atoms with Crippen molar-refractivity contribution < 1.29 is 14.3 Å². The molecule has 8 nitrogen and oxygen atoms in total. The molecule has 0 spiro atoms. The van der Waals surface area contributed by atoms with Crippen LogP contribution in [0.5, 0.6) is 11.5 Å². The number of carbonyl (C=O) groups excluding carboxylic acids is 1. The maximum Gasteiger partial charge on any atom is 0.262 e. The largest absolute Gasteiger partial charge is 0.493 e. The summed E-state index contributed by atoms with van der Waals surface area (Å²) in [6.45, 7) is 0.374. The lowest BCUT2D eigenvalue weighted by Gasteiger charge is -2.11. The highest BCUT2D eigenvalue weighted by Crippen LogP contribution is 2.33. The number of nitrogens with zero attached hydrogens (tertiary/aromatic N) is 3. The van der Waals surface area contributed by atoms with Crippen LogP contribution < -0.4 is 20.5 Å². The molecule has 0 aliphatic heterocycles. The zero-order valence-corrected chi connectivity index (χ0v) is 21.4. The number of rotatable bonds is 9. The summed E-state index contributed by atoms with van der Waals surface area (Å²) in [4.78, 5) is 32.0. The Morgan fingerprint density at radius 2 is 2.00 bits per heavy atom. The van der Waals surface area contributed by atoms with Crippen LogP contribution in [0.25, 0.3) is 10.2 Å². The van der Waals surface area contributed by atoms with Crippen molar-refractivity contribution in [3.8, 4) is 11.5 Å². The summed E-state index contributed by atoms with van der Waals surface area (Å²) in [6.07, 6.45) is 7.87. The average molecular weight is 517 g/mol. The Bertz CT molecular complexity index is 1490. The Kier molecular flexibility index (Phi) is 7.60. The van der Waals surface area contributed by atoms with E-state index in [1.165, 1.54) is 27.5 Å². The highest BCUT2D eigenvalue weighted by molar-refractivity contribution is 7.18. The number of ether oxygens (including phenoxy) is 2. The lowest BCUT2D eigenvalue weighted by Crippen LogP contribution is -2.30. The quantitative estimate of drug-likeness (QED) is 0.267. The van der Waals surface area contributed by atoms with Crippen LogP contribution in [-0.4, -0.2) is 35.4 Å². The summed E-state index contributed by atoms with van der Waals surface area (Å²) < 4.78 is 12.7. The van der Waals surface area contributed by atoms with Gasteiger partial charge in [-0.1, -0.05) is 30.3 Å². The predicted molar refractivity (Wildman–Crippen MR) is 145 cm³/mol. The average Bonchev–Trinajstić information content (AvgIpc) is 3.31. The van der Waals surface area contributed by atoms with E-state index in [0.29, 0.717) is 23.5 Å². The van der Waals surface area contributed by atoms with Crippen molar-refractivity contribution >= 4 is 33.7 Å². The first-order valence-electron chi connectivity index (χ1n) is 12.3.